The van der Waals surface area contributed by atoms with Crippen LogP contribution >= 0.6 is 0 Å². The van der Waals surface area contributed by atoms with Crippen LogP contribution in [0.1, 0.15) is 107 Å². The standard InChI is InChI=1S/C44H54N4O8/c1-44(2,3)46-40(51)37-22-19-30-11-7-8-12-36(30)47(37)25-34-23-38(31-15-13-28(26-49)14-16-31)56-42(55-34)32-17-20-33(21-18-32)48-39(50)24-35(41(48)52)45-43(53)54-27-29-9-5-4-6-10-29/h4-6,9-10,13-18,20-21,30,34-38,42,49H,7-8,11-12,19,22-27H2,1-3H3,(H,45,53)(H,46,51)/t30-,34-,35?,36-,37-,38+,42+/m1/s1. The van der Waals surface area contributed by atoms with E-state index in [4.69, 9.17) is 14.2 Å². The Labute approximate surface area is 328 Å². The molecular weight excluding hydrogens is 713 g/mol. The van der Waals surface area contributed by atoms with Crippen molar-refractivity contribution in [3.8, 4) is 0 Å². The molecule has 3 saturated heterocycles. The Morgan fingerprint density at radius 3 is 2.29 bits per heavy atom. The van der Waals surface area contributed by atoms with E-state index >= 15 is 0 Å². The largest absolute Gasteiger partial charge is 0.445 e. The quantitative estimate of drug-likeness (QED) is 0.205. The van der Waals surface area contributed by atoms with Crippen LogP contribution < -0.4 is 15.5 Å². The minimum atomic E-state index is -1.04. The number of nitrogens with one attached hydrogen (secondary N) is 2. The first-order valence-corrected chi connectivity index (χ1v) is 20.0. The smallest absolute Gasteiger partial charge is 0.408 e. The number of aliphatic hydroxyl groups is 1. The Hall–Kier alpha value is -4.62. The van der Waals surface area contributed by atoms with Crippen LogP contribution in [0.5, 0.6) is 0 Å². The number of carbonyl (C=O) groups is 4. The Bertz CT molecular complexity index is 1850. The summed E-state index contributed by atoms with van der Waals surface area (Å²) in [4.78, 5) is 56.3. The van der Waals surface area contributed by atoms with Crippen molar-refractivity contribution in [1.82, 2.24) is 15.5 Å². The number of ether oxygens (including phenoxy) is 3. The number of fused-ring (bicyclic) bond motifs is 1. The average molecular weight is 767 g/mol. The summed E-state index contributed by atoms with van der Waals surface area (Å²) >= 11 is 0. The molecule has 0 bridgehead atoms. The highest BCUT2D eigenvalue weighted by molar-refractivity contribution is 6.22. The number of aliphatic hydroxyl groups excluding tert-OH is 1. The topological polar surface area (TPSA) is 147 Å². The zero-order valence-electron chi connectivity index (χ0n) is 32.5. The van der Waals surface area contributed by atoms with Crippen molar-refractivity contribution in [2.24, 2.45) is 5.92 Å². The first-order chi connectivity index (χ1) is 27.0. The van der Waals surface area contributed by atoms with Gasteiger partial charge in [-0.25, -0.2) is 9.69 Å². The number of hydrogen-bond donors (Lipinski definition) is 3. The lowest BCUT2D eigenvalue weighted by Gasteiger charge is -2.50. The summed E-state index contributed by atoms with van der Waals surface area (Å²) in [6, 6.07) is 22.9. The number of alkyl carbamates (subject to hydrolysis) is 1. The van der Waals surface area contributed by atoms with Crippen molar-refractivity contribution in [2.75, 3.05) is 11.4 Å². The molecule has 3 heterocycles. The van der Waals surface area contributed by atoms with E-state index in [1.165, 1.54) is 12.8 Å². The fourth-order valence-electron chi connectivity index (χ4n) is 8.70. The van der Waals surface area contributed by atoms with Crippen LogP contribution in [-0.4, -0.2) is 70.1 Å². The molecule has 0 radical (unpaired) electrons. The van der Waals surface area contributed by atoms with Crippen LogP contribution in [0.15, 0.2) is 78.9 Å². The zero-order chi connectivity index (χ0) is 39.4. The normalized spacial score (nSPS) is 27.1. The van der Waals surface area contributed by atoms with Crippen molar-refractivity contribution in [3.63, 3.8) is 0 Å². The highest BCUT2D eigenvalue weighted by Gasteiger charge is 2.45. The number of carbonyl (C=O) groups excluding carboxylic acids is 4. The third-order valence-electron chi connectivity index (χ3n) is 11.4. The molecule has 12 heteroatoms. The van der Waals surface area contributed by atoms with Gasteiger partial charge in [-0.15, -0.1) is 0 Å². The maximum absolute atomic E-state index is 13.8. The molecule has 4 aliphatic rings. The van der Waals surface area contributed by atoms with Crippen LogP contribution in [0.25, 0.3) is 0 Å². The molecule has 298 valence electrons. The summed E-state index contributed by atoms with van der Waals surface area (Å²) < 4.78 is 18.7. The summed E-state index contributed by atoms with van der Waals surface area (Å²) in [5.41, 5.74) is 3.31. The summed E-state index contributed by atoms with van der Waals surface area (Å²) in [6.45, 7) is 6.60. The number of likely N-dealkylation sites (tertiary alicyclic amines) is 1. The molecule has 12 nitrogen and oxygen atoms in total. The Kier molecular flexibility index (Phi) is 12.2. The second kappa shape index (κ2) is 17.3. The van der Waals surface area contributed by atoms with E-state index in [0.717, 1.165) is 47.3 Å². The van der Waals surface area contributed by atoms with Gasteiger partial charge >= 0.3 is 6.09 Å². The van der Waals surface area contributed by atoms with Gasteiger partial charge in [-0.2, -0.15) is 0 Å². The van der Waals surface area contributed by atoms with E-state index in [0.29, 0.717) is 36.2 Å². The molecule has 3 aliphatic heterocycles. The monoisotopic (exact) mass is 766 g/mol. The summed E-state index contributed by atoms with van der Waals surface area (Å²) in [6.07, 6.45) is 4.72. The molecule has 0 aromatic heterocycles. The van der Waals surface area contributed by atoms with E-state index < -0.39 is 30.2 Å². The van der Waals surface area contributed by atoms with E-state index in [2.05, 4.69) is 15.5 Å². The second-order valence-electron chi connectivity index (χ2n) is 16.6. The maximum Gasteiger partial charge on any atom is 0.408 e. The van der Waals surface area contributed by atoms with E-state index in [-0.39, 0.29) is 49.3 Å². The number of amides is 4. The third kappa shape index (κ3) is 9.32. The summed E-state index contributed by atoms with van der Waals surface area (Å²) in [5, 5.41) is 15.5. The molecule has 7 rings (SSSR count). The van der Waals surface area contributed by atoms with Gasteiger partial charge in [0.2, 0.25) is 11.8 Å². The van der Waals surface area contributed by atoms with E-state index in [1.54, 1.807) is 24.3 Å². The van der Waals surface area contributed by atoms with E-state index in [9.17, 15) is 24.3 Å². The SMILES string of the molecule is CC(C)(C)NC(=O)[C@H]1CC[C@H]2CCCC[C@H]2N1C[C@H]1C[C@@H](c2ccc(CO)cc2)O[C@@H](c2ccc(N3C(=O)CC(NC(=O)OCc4ccccc4)C3=O)cc2)O1. The minimum absolute atomic E-state index is 0.0416. The molecule has 1 aliphatic carbocycles. The highest BCUT2D eigenvalue weighted by Crippen LogP contribution is 2.42. The van der Waals surface area contributed by atoms with Crippen molar-refractivity contribution in [2.45, 2.75) is 128 Å². The Morgan fingerprint density at radius 2 is 1.57 bits per heavy atom. The predicted molar refractivity (Wildman–Crippen MR) is 209 cm³/mol. The molecule has 1 unspecified atom stereocenters. The van der Waals surface area contributed by atoms with Gasteiger partial charge in [-0.05, 0) is 81.2 Å². The number of anilines is 1. The van der Waals surface area contributed by atoms with Crippen LogP contribution in [0, 0.1) is 5.92 Å². The van der Waals surface area contributed by atoms with Crippen LogP contribution in [0.4, 0.5) is 10.5 Å². The number of hydrogen-bond acceptors (Lipinski definition) is 9. The average Bonchev–Trinajstić information content (AvgIpc) is 3.47. The summed E-state index contributed by atoms with van der Waals surface area (Å²) in [5.74, 6) is -0.355. The fraction of sp³-hybridized carbons (Fsp3) is 0.500. The van der Waals surface area contributed by atoms with Gasteiger partial charge in [0.25, 0.3) is 5.91 Å². The van der Waals surface area contributed by atoms with Crippen molar-refractivity contribution < 1.29 is 38.5 Å². The van der Waals surface area contributed by atoms with Crippen LogP contribution in [-0.2, 0) is 41.8 Å². The van der Waals surface area contributed by atoms with Gasteiger partial charge in [-0.1, -0.05) is 79.6 Å². The number of imide groups is 1. The lowest BCUT2D eigenvalue weighted by Crippen LogP contribution is -2.61. The highest BCUT2D eigenvalue weighted by atomic mass is 16.7. The van der Waals surface area contributed by atoms with E-state index in [1.807, 2.05) is 75.4 Å². The van der Waals surface area contributed by atoms with Crippen LogP contribution in [0.2, 0.25) is 0 Å². The molecule has 1 saturated carbocycles. The van der Waals surface area contributed by atoms with Gasteiger partial charge < -0.3 is 30.0 Å². The molecule has 7 atom stereocenters. The number of benzene rings is 3. The maximum atomic E-state index is 13.8. The van der Waals surface area contributed by atoms with Gasteiger partial charge in [-0.3, -0.25) is 19.3 Å². The fourth-order valence-corrected chi connectivity index (χ4v) is 8.70. The first-order valence-electron chi connectivity index (χ1n) is 20.0. The van der Waals surface area contributed by atoms with Crippen molar-refractivity contribution in [3.05, 3.63) is 101 Å². The number of piperidine rings is 1. The molecule has 3 aromatic rings. The van der Waals surface area contributed by atoms with Gasteiger partial charge in [0.05, 0.1) is 37.0 Å². The molecule has 4 fully saturated rings. The van der Waals surface area contributed by atoms with Crippen molar-refractivity contribution >= 4 is 29.5 Å². The minimum Gasteiger partial charge on any atom is -0.445 e. The molecule has 4 amide bonds. The molecule has 0 spiro atoms. The molecule has 3 N–H and O–H groups in total. The second-order valence-corrected chi connectivity index (χ2v) is 16.6. The summed E-state index contributed by atoms with van der Waals surface area (Å²) in [7, 11) is 0. The van der Waals surface area contributed by atoms with Gasteiger partial charge in [0.15, 0.2) is 6.29 Å². The molecular formula is C44H54N4O8. The number of nitrogens with zero attached hydrogens (tertiary/aromatic N) is 2. The molecule has 3 aromatic carbocycles. The predicted octanol–water partition coefficient (Wildman–Crippen LogP) is 6.22. The number of rotatable bonds is 10. The molecule has 56 heavy (non-hydrogen) atoms. The third-order valence-corrected chi connectivity index (χ3v) is 11.4. The Balaban J connectivity index is 1.08. The van der Waals surface area contributed by atoms with Crippen molar-refractivity contribution in [1.29, 1.82) is 0 Å². The lowest BCUT2D eigenvalue weighted by molar-refractivity contribution is -0.255. The Morgan fingerprint density at radius 1 is 0.857 bits per heavy atom. The first kappa shape index (κ1) is 39.6. The van der Waals surface area contributed by atoms with Gasteiger partial charge in [0, 0.05) is 30.1 Å². The van der Waals surface area contributed by atoms with Crippen LogP contribution in [0.3, 0.4) is 0 Å². The lowest BCUT2D eigenvalue weighted by atomic mass is 9.75. The zero-order valence-corrected chi connectivity index (χ0v) is 32.5. The van der Waals surface area contributed by atoms with Gasteiger partial charge in [0.1, 0.15) is 12.6 Å².